The van der Waals surface area contributed by atoms with Crippen molar-refractivity contribution < 1.29 is 18.7 Å². The molecule has 0 aliphatic heterocycles. The van der Waals surface area contributed by atoms with Crippen LogP contribution in [0.25, 0.3) is 0 Å². The van der Waals surface area contributed by atoms with Crippen molar-refractivity contribution >= 4 is 11.7 Å². The Morgan fingerprint density at radius 2 is 2.10 bits per heavy atom. The fourth-order valence-electron chi connectivity index (χ4n) is 1.75. The molecule has 104 valence electrons. The van der Waals surface area contributed by atoms with Crippen LogP contribution in [0.3, 0.4) is 0 Å². The summed E-state index contributed by atoms with van der Waals surface area (Å²) in [5.41, 5.74) is 1.04. The molecular weight excluding hydrogens is 266 g/mol. The molecule has 0 fully saturated rings. The molecule has 2 N–H and O–H groups in total. The summed E-state index contributed by atoms with van der Waals surface area (Å²) in [6.45, 7) is 1.69. The van der Waals surface area contributed by atoms with Crippen LogP contribution in [0.1, 0.15) is 21.6 Å². The van der Waals surface area contributed by atoms with E-state index in [1.165, 1.54) is 6.20 Å². The van der Waals surface area contributed by atoms with E-state index in [9.17, 15) is 13.6 Å². The van der Waals surface area contributed by atoms with E-state index in [0.717, 1.165) is 18.2 Å². The number of carboxylic acid groups (broad SMARTS) is 1. The molecule has 0 saturated heterocycles. The zero-order valence-electron chi connectivity index (χ0n) is 10.7. The maximum Gasteiger partial charge on any atom is 0.339 e. The fraction of sp³-hybridized carbons (Fsp3) is 0.143. The van der Waals surface area contributed by atoms with Crippen molar-refractivity contribution in [2.45, 2.75) is 13.5 Å². The van der Waals surface area contributed by atoms with E-state index >= 15 is 0 Å². The van der Waals surface area contributed by atoms with Gasteiger partial charge in [-0.05, 0) is 31.2 Å². The minimum Gasteiger partial charge on any atom is -0.478 e. The van der Waals surface area contributed by atoms with Gasteiger partial charge in [0.1, 0.15) is 17.2 Å². The van der Waals surface area contributed by atoms with E-state index in [-0.39, 0.29) is 17.7 Å². The van der Waals surface area contributed by atoms with Gasteiger partial charge < -0.3 is 10.4 Å². The Kier molecular flexibility index (Phi) is 3.93. The highest BCUT2D eigenvalue weighted by atomic mass is 19.1. The number of nitrogens with zero attached hydrogens (tertiary/aromatic N) is 1. The highest BCUT2D eigenvalue weighted by Gasteiger charge is 2.11. The number of carbonyl (C=O) groups is 1. The molecule has 0 aliphatic rings. The average molecular weight is 278 g/mol. The van der Waals surface area contributed by atoms with Crippen LogP contribution in [0, 0.1) is 18.6 Å². The number of anilines is 1. The second-order valence-electron chi connectivity index (χ2n) is 4.27. The zero-order chi connectivity index (χ0) is 14.7. The van der Waals surface area contributed by atoms with Gasteiger partial charge in [-0.25, -0.2) is 13.6 Å². The number of aromatic nitrogens is 1. The molecule has 2 rings (SSSR count). The Hall–Kier alpha value is -2.50. The largest absolute Gasteiger partial charge is 0.478 e. The summed E-state index contributed by atoms with van der Waals surface area (Å²) >= 11 is 0. The average Bonchev–Trinajstić information content (AvgIpc) is 2.39. The molecule has 0 saturated carbocycles. The van der Waals surface area contributed by atoms with Crippen molar-refractivity contribution in [3.05, 3.63) is 58.9 Å². The van der Waals surface area contributed by atoms with E-state index < -0.39 is 17.6 Å². The molecule has 0 spiro atoms. The lowest BCUT2D eigenvalue weighted by atomic mass is 10.1. The van der Waals surface area contributed by atoms with Crippen molar-refractivity contribution in [2.75, 3.05) is 5.32 Å². The highest BCUT2D eigenvalue weighted by molar-refractivity contribution is 5.93. The molecular formula is C14H12F2N2O2. The number of carboxylic acids is 1. The molecule has 0 unspecified atom stereocenters. The first-order valence-electron chi connectivity index (χ1n) is 5.85. The smallest absolute Gasteiger partial charge is 0.339 e. The Morgan fingerprint density at radius 1 is 1.35 bits per heavy atom. The highest BCUT2D eigenvalue weighted by Crippen LogP contribution is 2.18. The Bertz CT molecular complexity index is 660. The fourth-order valence-corrected chi connectivity index (χ4v) is 1.75. The lowest BCUT2D eigenvalue weighted by Crippen LogP contribution is -2.08. The number of halogens is 2. The van der Waals surface area contributed by atoms with Crippen LogP contribution in [-0.4, -0.2) is 16.1 Å². The summed E-state index contributed by atoms with van der Waals surface area (Å²) in [5.74, 6) is -2.24. The van der Waals surface area contributed by atoms with Gasteiger partial charge in [0.2, 0.25) is 0 Å². The number of nitrogens with one attached hydrogen (secondary N) is 1. The third-order valence-electron chi connectivity index (χ3n) is 2.75. The lowest BCUT2D eigenvalue weighted by molar-refractivity contribution is 0.0697. The van der Waals surface area contributed by atoms with Crippen LogP contribution in [0.2, 0.25) is 0 Å². The predicted molar refractivity (Wildman–Crippen MR) is 69.6 cm³/mol. The topological polar surface area (TPSA) is 62.2 Å². The summed E-state index contributed by atoms with van der Waals surface area (Å²) in [7, 11) is 0. The van der Waals surface area contributed by atoms with Gasteiger partial charge in [0.05, 0.1) is 5.69 Å². The number of aromatic carboxylic acids is 1. The Balaban J connectivity index is 2.24. The summed E-state index contributed by atoms with van der Waals surface area (Å²) in [5, 5.41) is 11.8. The molecule has 1 heterocycles. The van der Waals surface area contributed by atoms with Crippen LogP contribution >= 0.6 is 0 Å². The quantitative estimate of drug-likeness (QED) is 0.902. The van der Waals surface area contributed by atoms with E-state index in [1.54, 1.807) is 13.0 Å². The monoisotopic (exact) mass is 278 g/mol. The number of benzene rings is 1. The SMILES string of the molecule is Cc1cc(NCc2cc(F)ccc2F)c(C(=O)O)cn1. The molecule has 20 heavy (non-hydrogen) atoms. The second kappa shape index (κ2) is 5.64. The van der Waals surface area contributed by atoms with Crippen LogP contribution < -0.4 is 5.32 Å². The molecule has 0 bridgehead atoms. The second-order valence-corrected chi connectivity index (χ2v) is 4.27. The van der Waals surface area contributed by atoms with Gasteiger partial charge in [0.25, 0.3) is 0 Å². The van der Waals surface area contributed by atoms with Crippen molar-refractivity contribution in [3.63, 3.8) is 0 Å². The maximum atomic E-state index is 13.5. The molecule has 0 atom stereocenters. The van der Waals surface area contributed by atoms with E-state index in [2.05, 4.69) is 10.3 Å². The predicted octanol–water partition coefficient (Wildman–Crippen LogP) is 2.98. The summed E-state index contributed by atoms with van der Waals surface area (Å²) in [6.07, 6.45) is 1.22. The van der Waals surface area contributed by atoms with Gasteiger partial charge in [-0.2, -0.15) is 0 Å². The first-order chi connectivity index (χ1) is 9.47. The van der Waals surface area contributed by atoms with Crippen molar-refractivity contribution in [1.29, 1.82) is 0 Å². The molecule has 1 aromatic carbocycles. The number of rotatable bonds is 4. The van der Waals surface area contributed by atoms with Gasteiger partial charge in [0.15, 0.2) is 0 Å². The summed E-state index contributed by atoms with van der Waals surface area (Å²) < 4.78 is 26.5. The van der Waals surface area contributed by atoms with E-state index in [0.29, 0.717) is 11.4 Å². The van der Waals surface area contributed by atoms with E-state index in [1.807, 2.05) is 0 Å². The maximum absolute atomic E-state index is 13.5. The molecule has 0 aliphatic carbocycles. The van der Waals surface area contributed by atoms with Crippen LogP contribution in [0.5, 0.6) is 0 Å². The summed E-state index contributed by atoms with van der Waals surface area (Å²) in [4.78, 5) is 14.9. The molecule has 0 amide bonds. The molecule has 0 radical (unpaired) electrons. The van der Waals surface area contributed by atoms with Gasteiger partial charge in [-0.1, -0.05) is 0 Å². The van der Waals surface area contributed by atoms with Gasteiger partial charge in [0, 0.05) is 24.0 Å². The first-order valence-corrected chi connectivity index (χ1v) is 5.85. The van der Waals surface area contributed by atoms with Crippen molar-refractivity contribution in [3.8, 4) is 0 Å². The number of aryl methyl sites for hydroxylation is 1. The molecule has 6 heteroatoms. The van der Waals surface area contributed by atoms with Gasteiger partial charge in [-0.3, -0.25) is 4.98 Å². The van der Waals surface area contributed by atoms with Crippen LogP contribution in [0.15, 0.2) is 30.5 Å². The van der Waals surface area contributed by atoms with Gasteiger partial charge >= 0.3 is 5.97 Å². The normalized spacial score (nSPS) is 10.3. The van der Waals surface area contributed by atoms with Crippen molar-refractivity contribution in [1.82, 2.24) is 4.98 Å². The molecule has 2 aromatic rings. The third-order valence-corrected chi connectivity index (χ3v) is 2.75. The minimum absolute atomic E-state index is 0.0205. The number of pyridine rings is 1. The molecule has 4 nitrogen and oxygen atoms in total. The molecule has 1 aromatic heterocycles. The standard InChI is InChI=1S/C14H12F2N2O2/c1-8-4-13(11(7-17-8)14(19)20)18-6-9-5-10(15)2-3-12(9)16/h2-5,7H,6H2,1H3,(H,17,18)(H,19,20). The first kappa shape index (κ1) is 13.9. The summed E-state index contributed by atoms with van der Waals surface area (Å²) in [6, 6.07) is 4.66. The van der Waals surface area contributed by atoms with Crippen LogP contribution in [0.4, 0.5) is 14.5 Å². The Labute approximate surface area is 114 Å². The van der Waals surface area contributed by atoms with E-state index in [4.69, 9.17) is 5.11 Å². The van der Waals surface area contributed by atoms with Gasteiger partial charge in [-0.15, -0.1) is 0 Å². The third kappa shape index (κ3) is 3.09. The number of hydrogen-bond acceptors (Lipinski definition) is 3. The minimum atomic E-state index is -1.14. The number of hydrogen-bond donors (Lipinski definition) is 2. The zero-order valence-corrected chi connectivity index (χ0v) is 10.7. The van der Waals surface area contributed by atoms with Crippen LogP contribution in [-0.2, 0) is 6.54 Å². The lowest BCUT2D eigenvalue weighted by Gasteiger charge is -2.10. The Morgan fingerprint density at radius 3 is 2.80 bits per heavy atom. The van der Waals surface area contributed by atoms with Crippen molar-refractivity contribution in [2.24, 2.45) is 0 Å².